The molecule has 3 N–H and O–H groups in total. The number of carbonyl (C=O) groups excluding carboxylic acids is 1. The van der Waals surface area contributed by atoms with E-state index in [0.717, 1.165) is 5.69 Å². The number of fused-ring (bicyclic) bond motifs is 1. The van der Waals surface area contributed by atoms with Crippen LogP contribution in [0.15, 0.2) is 54.6 Å². The Labute approximate surface area is 194 Å². The standard InChI is InChI=1S/C25H23FN4O4/c1-34-20-14-17(21(26)23(32)22(20)31)24-27-18-8-7-16(13-19(18)28-24)29-9-11-30(12-10-29)25(33)15-5-3-2-4-6-15/h2-8,13-14,31-32H,9-12H2,1H3,(H,27,28). The van der Waals surface area contributed by atoms with Gasteiger partial charge >= 0.3 is 0 Å². The van der Waals surface area contributed by atoms with Crippen molar-refractivity contribution in [3.05, 3.63) is 66.0 Å². The summed E-state index contributed by atoms with van der Waals surface area (Å²) < 4.78 is 19.6. The average Bonchev–Trinajstić information content (AvgIpc) is 3.31. The Hall–Kier alpha value is -4.27. The van der Waals surface area contributed by atoms with E-state index in [1.807, 2.05) is 53.4 Å². The van der Waals surface area contributed by atoms with Crippen molar-refractivity contribution >= 4 is 22.6 Å². The number of aromatic nitrogens is 2. The summed E-state index contributed by atoms with van der Waals surface area (Å²) in [5, 5.41) is 19.7. The Morgan fingerprint density at radius 3 is 2.47 bits per heavy atom. The van der Waals surface area contributed by atoms with Gasteiger partial charge in [0.25, 0.3) is 5.91 Å². The van der Waals surface area contributed by atoms with Crippen molar-refractivity contribution in [3.8, 4) is 28.6 Å². The molecule has 0 saturated carbocycles. The van der Waals surface area contributed by atoms with E-state index in [4.69, 9.17) is 4.74 Å². The summed E-state index contributed by atoms with van der Waals surface area (Å²) in [7, 11) is 1.31. The molecular formula is C25H23FN4O4. The maximum absolute atomic E-state index is 14.6. The van der Waals surface area contributed by atoms with Crippen LogP contribution in [0.25, 0.3) is 22.4 Å². The molecule has 9 heteroatoms. The number of phenols is 2. The third-order valence-corrected chi connectivity index (χ3v) is 6.07. The summed E-state index contributed by atoms with van der Waals surface area (Å²) in [5.41, 5.74) is 2.95. The summed E-state index contributed by atoms with van der Waals surface area (Å²) in [4.78, 5) is 24.3. The number of imidazole rings is 1. The van der Waals surface area contributed by atoms with Gasteiger partial charge in [0, 0.05) is 37.4 Å². The molecule has 1 aromatic heterocycles. The van der Waals surface area contributed by atoms with Crippen LogP contribution in [0.4, 0.5) is 10.1 Å². The van der Waals surface area contributed by atoms with Crippen LogP contribution in [-0.4, -0.2) is 64.3 Å². The zero-order chi connectivity index (χ0) is 23.8. The van der Waals surface area contributed by atoms with E-state index in [1.54, 1.807) is 0 Å². The highest BCUT2D eigenvalue weighted by Gasteiger charge is 2.24. The van der Waals surface area contributed by atoms with Crippen LogP contribution >= 0.6 is 0 Å². The third-order valence-electron chi connectivity index (χ3n) is 6.07. The molecule has 1 fully saturated rings. The van der Waals surface area contributed by atoms with Gasteiger partial charge in [0.05, 0.1) is 23.7 Å². The summed E-state index contributed by atoms with van der Waals surface area (Å²) in [6.45, 7) is 2.58. The second-order valence-corrected chi connectivity index (χ2v) is 8.07. The van der Waals surface area contributed by atoms with Crippen LogP contribution in [0.3, 0.4) is 0 Å². The fourth-order valence-corrected chi connectivity index (χ4v) is 4.19. The predicted molar refractivity (Wildman–Crippen MR) is 126 cm³/mol. The van der Waals surface area contributed by atoms with Gasteiger partial charge in [-0.2, -0.15) is 0 Å². The molecular weight excluding hydrogens is 439 g/mol. The number of phenolic OH excluding ortho intramolecular Hbond substituents is 2. The number of nitrogens with one attached hydrogen (secondary N) is 1. The average molecular weight is 462 g/mol. The molecule has 1 aliphatic heterocycles. The number of aromatic amines is 1. The first-order chi connectivity index (χ1) is 16.5. The Kier molecular flexibility index (Phi) is 5.45. The number of hydrogen-bond donors (Lipinski definition) is 3. The Bertz CT molecular complexity index is 1360. The number of aromatic hydroxyl groups is 2. The number of piperazine rings is 1. The van der Waals surface area contributed by atoms with Crippen LogP contribution in [0, 0.1) is 5.82 Å². The second kappa shape index (κ2) is 8.58. The van der Waals surface area contributed by atoms with Gasteiger partial charge in [0.1, 0.15) is 5.82 Å². The van der Waals surface area contributed by atoms with Crippen molar-refractivity contribution in [1.82, 2.24) is 14.9 Å². The predicted octanol–water partition coefficient (Wildman–Crippen LogP) is 3.75. The lowest BCUT2D eigenvalue weighted by molar-refractivity contribution is 0.0747. The Balaban J connectivity index is 1.36. The molecule has 0 aliphatic carbocycles. The van der Waals surface area contributed by atoms with Crippen LogP contribution in [0.1, 0.15) is 10.4 Å². The highest BCUT2D eigenvalue weighted by Crippen LogP contribution is 2.42. The van der Waals surface area contributed by atoms with Gasteiger partial charge in [0.15, 0.2) is 17.3 Å². The van der Waals surface area contributed by atoms with Gasteiger partial charge in [-0.05, 0) is 36.4 Å². The van der Waals surface area contributed by atoms with Crippen molar-refractivity contribution in [2.24, 2.45) is 0 Å². The molecule has 0 spiro atoms. The fourth-order valence-electron chi connectivity index (χ4n) is 4.19. The summed E-state index contributed by atoms with van der Waals surface area (Å²) >= 11 is 0. The maximum Gasteiger partial charge on any atom is 0.253 e. The number of H-pyrrole nitrogens is 1. The number of nitrogens with zero attached hydrogens (tertiary/aromatic N) is 3. The third kappa shape index (κ3) is 3.75. The molecule has 5 rings (SSSR count). The SMILES string of the molecule is COc1cc(-c2nc3ccc(N4CCN(C(=O)c5ccccc5)CC4)cc3[nH]2)c(F)c(O)c1O. The van der Waals surface area contributed by atoms with Crippen molar-refractivity contribution in [1.29, 1.82) is 0 Å². The lowest BCUT2D eigenvalue weighted by Gasteiger charge is -2.36. The topological polar surface area (TPSA) is 102 Å². The first-order valence-corrected chi connectivity index (χ1v) is 10.8. The van der Waals surface area contributed by atoms with Gasteiger partial charge < -0.3 is 29.7 Å². The minimum absolute atomic E-state index is 0.0158. The molecule has 0 atom stereocenters. The minimum Gasteiger partial charge on any atom is -0.502 e. The Morgan fingerprint density at radius 2 is 1.76 bits per heavy atom. The lowest BCUT2D eigenvalue weighted by Crippen LogP contribution is -2.48. The van der Waals surface area contributed by atoms with E-state index >= 15 is 0 Å². The number of anilines is 1. The molecule has 0 unspecified atom stereocenters. The monoisotopic (exact) mass is 462 g/mol. The summed E-state index contributed by atoms with van der Waals surface area (Å²) in [6, 6.07) is 16.2. The normalized spacial score (nSPS) is 13.9. The molecule has 34 heavy (non-hydrogen) atoms. The number of halogens is 1. The maximum atomic E-state index is 14.6. The van der Waals surface area contributed by atoms with Gasteiger partial charge in [-0.25, -0.2) is 9.37 Å². The molecule has 174 valence electrons. The Morgan fingerprint density at radius 1 is 1.03 bits per heavy atom. The van der Waals surface area contributed by atoms with Crippen molar-refractivity contribution < 1.29 is 24.1 Å². The number of ether oxygens (including phenoxy) is 1. The quantitative estimate of drug-likeness (QED) is 0.399. The molecule has 1 saturated heterocycles. The molecule has 3 aromatic carbocycles. The van der Waals surface area contributed by atoms with E-state index in [1.165, 1.54) is 13.2 Å². The minimum atomic E-state index is -0.989. The van der Waals surface area contributed by atoms with Crippen molar-refractivity contribution in [2.75, 3.05) is 38.2 Å². The first kappa shape index (κ1) is 21.6. The number of carbonyl (C=O) groups is 1. The largest absolute Gasteiger partial charge is 0.502 e. The smallest absolute Gasteiger partial charge is 0.253 e. The molecule has 1 aliphatic rings. The number of amides is 1. The van der Waals surface area contributed by atoms with Gasteiger partial charge in [-0.1, -0.05) is 18.2 Å². The lowest BCUT2D eigenvalue weighted by atomic mass is 10.1. The van der Waals surface area contributed by atoms with E-state index in [9.17, 15) is 19.4 Å². The molecule has 8 nitrogen and oxygen atoms in total. The van der Waals surface area contributed by atoms with E-state index < -0.39 is 17.3 Å². The van der Waals surface area contributed by atoms with Gasteiger partial charge in [-0.3, -0.25) is 4.79 Å². The summed E-state index contributed by atoms with van der Waals surface area (Å²) in [5.74, 6) is -2.36. The van der Waals surface area contributed by atoms with Crippen LogP contribution in [0.2, 0.25) is 0 Å². The second-order valence-electron chi connectivity index (χ2n) is 8.07. The van der Waals surface area contributed by atoms with Gasteiger partial charge in [0.2, 0.25) is 5.75 Å². The molecule has 2 heterocycles. The first-order valence-electron chi connectivity index (χ1n) is 10.8. The summed E-state index contributed by atoms with van der Waals surface area (Å²) in [6.07, 6.45) is 0. The van der Waals surface area contributed by atoms with Crippen LogP contribution < -0.4 is 9.64 Å². The van der Waals surface area contributed by atoms with E-state index in [-0.39, 0.29) is 23.0 Å². The van der Waals surface area contributed by atoms with E-state index in [2.05, 4.69) is 14.9 Å². The number of hydrogen-bond acceptors (Lipinski definition) is 6. The molecule has 0 bridgehead atoms. The fraction of sp³-hybridized carbons (Fsp3) is 0.200. The molecule has 4 aromatic rings. The van der Waals surface area contributed by atoms with Crippen LogP contribution in [-0.2, 0) is 0 Å². The van der Waals surface area contributed by atoms with Crippen molar-refractivity contribution in [3.63, 3.8) is 0 Å². The molecule has 0 radical (unpaired) electrons. The van der Waals surface area contributed by atoms with Crippen molar-refractivity contribution in [2.45, 2.75) is 0 Å². The zero-order valence-electron chi connectivity index (χ0n) is 18.5. The van der Waals surface area contributed by atoms with E-state index in [0.29, 0.717) is 42.8 Å². The highest BCUT2D eigenvalue weighted by atomic mass is 19.1. The molecule has 1 amide bonds. The van der Waals surface area contributed by atoms with Gasteiger partial charge in [-0.15, -0.1) is 0 Å². The van der Waals surface area contributed by atoms with Crippen LogP contribution in [0.5, 0.6) is 17.2 Å². The highest BCUT2D eigenvalue weighted by molar-refractivity contribution is 5.94. The zero-order valence-corrected chi connectivity index (χ0v) is 18.5. The number of benzene rings is 3. The number of methoxy groups -OCH3 is 1. The number of rotatable bonds is 4.